The molecular formula is C20H18F2N2O4. The number of nitrogens with zero attached hydrogens (tertiary/aromatic N) is 2. The monoisotopic (exact) mass is 388 g/mol. The summed E-state index contributed by atoms with van der Waals surface area (Å²) in [6.45, 7) is 1.02. The standard InChI is InChI=1S/C20H18F2N2O4/c1-12(25)15-8-5-9-16-17(15)28-20(21,22)19(27)24(16)11-13-6-4-7-14(10-13)18(26)23(2)3/h4-10H,11H2,1-3H3. The molecule has 2 aromatic rings. The first-order chi connectivity index (χ1) is 13.1. The summed E-state index contributed by atoms with van der Waals surface area (Å²) in [7, 11) is 3.20. The van der Waals surface area contributed by atoms with Gasteiger partial charge < -0.3 is 9.64 Å². The van der Waals surface area contributed by atoms with Crippen LogP contribution < -0.4 is 9.64 Å². The number of hydrogen-bond acceptors (Lipinski definition) is 4. The van der Waals surface area contributed by atoms with Crippen LogP contribution >= 0.6 is 0 Å². The number of fused-ring (bicyclic) bond motifs is 1. The summed E-state index contributed by atoms with van der Waals surface area (Å²) in [5.74, 6) is -2.58. The lowest BCUT2D eigenvalue weighted by molar-refractivity contribution is -0.193. The Balaban J connectivity index is 2.04. The molecular weight excluding hydrogens is 370 g/mol. The molecule has 3 rings (SSSR count). The Kier molecular flexibility index (Phi) is 4.89. The number of anilines is 1. The van der Waals surface area contributed by atoms with E-state index in [4.69, 9.17) is 0 Å². The highest BCUT2D eigenvalue weighted by molar-refractivity contribution is 6.05. The van der Waals surface area contributed by atoms with Gasteiger partial charge in [0.05, 0.1) is 17.8 Å². The quantitative estimate of drug-likeness (QED) is 0.755. The highest BCUT2D eigenvalue weighted by Crippen LogP contribution is 2.42. The van der Waals surface area contributed by atoms with Crippen molar-refractivity contribution >= 4 is 23.3 Å². The second-order valence-electron chi connectivity index (χ2n) is 6.62. The van der Waals surface area contributed by atoms with E-state index in [2.05, 4.69) is 4.74 Å². The molecule has 0 saturated heterocycles. The molecule has 0 fully saturated rings. The molecule has 6 nitrogen and oxygen atoms in total. The number of rotatable bonds is 4. The number of hydrogen-bond donors (Lipinski definition) is 0. The minimum absolute atomic E-state index is 0.0359. The average molecular weight is 388 g/mol. The first kappa shape index (κ1) is 19.5. The molecule has 2 amide bonds. The van der Waals surface area contributed by atoms with Crippen LogP contribution in [0.15, 0.2) is 42.5 Å². The summed E-state index contributed by atoms with van der Waals surface area (Å²) in [6, 6.07) is 10.7. The van der Waals surface area contributed by atoms with Crippen LogP contribution in [0.5, 0.6) is 5.75 Å². The minimum atomic E-state index is -4.10. The second-order valence-corrected chi connectivity index (χ2v) is 6.62. The molecule has 8 heteroatoms. The summed E-state index contributed by atoms with van der Waals surface area (Å²) in [5.41, 5.74) is 0.893. The van der Waals surface area contributed by atoms with Crippen LogP contribution in [0.4, 0.5) is 14.5 Å². The molecule has 2 aromatic carbocycles. The van der Waals surface area contributed by atoms with E-state index in [1.165, 1.54) is 36.1 Å². The van der Waals surface area contributed by atoms with Gasteiger partial charge in [0, 0.05) is 19.7 Å². The van der Waals surface area contributed by atoms with Crippen LogP contribution in [-0.4, -0.2) is 42.7 Å². The van der Waals surface area contributed by atoms with Crippen molar-refractivity contribution in [2.45, 2.75) is 19.6 Å². The Labute approximate surface area is 160 Å². The summed E-state index contributed by atoms with van der Waals surface area (Å²) in [4.78, 5) is 38.5. The molecule has 0 saturated carbocycles. The normalized spacial score (nSPS) is 14.9. The number of carbonyl (C=O) groups excluding carboxylic acids is 3. The molecule has 1 aliphatic heterocycles. The molecule has 0 radical (unpaired) electrons. The fraction of sp³-hybridized carbons (Fsp3) is 0.250. The lowest BCUT2D eigenvalue weighted by Gasteiger charge is -2.34. The van der Waals surface area contributed by atoms with Crippen molar-refractivity contribution in [3.8, 4) is 5.75 Å². The maximum Gasteiger partial charge on any atom is 0.483 e. The van der Waals surface area contributed by atoms with Gasteiger partial charge in [-0.25, -0.2) is 0 Å². The van der Waals surface area contributed by atoms with E-state index in [0.29, 0.717) is 11.1 Å². The van der Waals surface area contributed by atoms with Crippen molar-refractivity contribution in [1.29, 1.82) is 0 Å². The highest BCUT2D eigenvalue weighted by Gasteiger charge is 2.51. The van der Waals surface area contributed by atoms with E-state index in [0.717, 1.165) is 4.90 Å². The predicted octanol–water partition coefficient (Wildman–Crippen LogP) is 3.11. The lowest BCUT2D eigenvalue weighted by atomic mass is 10.1. The van der Waals surface area contributed by atoms with Crippen molar-refractivity contribution in [2.24, 2.45) is 0 Å². The Hall–Kier alpha value is -3.29. The number of amides is 2. The third kappa shape index (κ3) is 3.45. The number of halogens is 2. The van der Waals surface area contributed by atoms with Gasteiger partial charge in [-0.15, -0.1) is 0 Å². The van der Waals surface area contributed by atoms with E-state index in [1.54, 1.807) is 32.3 Å². The Morgan fingerprint density at radius 2 is 1.82 bits per heavy atom. The van der Waals surface area contributed by atoms with Gasteiger partial charge in [-0.05, 0) is 36.8 Å². The Morgan fingerprint density at radius 1 is 1.14 bits per heavy atom. The SMILES string of the molecule is CC(=O)c1cccc2c1OC(F)(F)C(=O)N2Cc1cccc(C(=O)N(C)C)c1. The zero-order valence-corrected chi connectivity index (χ0v) is 15.5. The van der Waals surface area contributed by atoms with Crippen LogP contribution in [0.2, 0.25) is 0 Å². The van der Waals surface area contributed by atoms with Gasteiger partial charge in [0.15, 0.2) is 11.5 Å². The third-order valence-electron chi connectivity index (χ3n) is 4.31. The molecule has 0 atom stereocenters. The number of ether oxygens (including phenoxy) is 1. The van der Waals surface area contributed by atoms with E-state index in [1.807, 2.05) is 0 Å². The molecule has 1 heterocycles. The molecule has 28 heavy (non-hydrogen) atoms. The average Bonchev–Trinajstić information content (AvgIpc) is 2.64. The van der Waals surface area contributed by atoms with Crippen LogP contribution in [0, 0.1) is 0 Å². The molecule has 0 bridgehead atoms. The van der Waals surface area contributed by atoms with Crippen LogP contribution in [0.3, 0.4) is 0 Å². The molecule has 146 valence electrons. The van der Waals surface area contributed by atoms with Crippen molar-refractivity contribution in [3.05, 3.63) is 59.2 Å². The predicted molar refractivity (Wildman–Crippen MR) is 97.7 cm³/mol. The van der Waals surface area contributed by atoms with Gasteiger partial charge in [0.25, 0.3) is 5.91 Å². The van der Waals surface area contributed by atoms with Gasteiger partial charge in [0.2, 0.25) is 0 Å². The number of para-hydroxylation sites is 1. The summed E-state index contributed by atoms with van der Waals surface area (Å²) < 4.78 is 33.0. The van der Waals surface area contributed by atoms with Gasteiger partial charge in [-0.3, -0.25) is 19.3 Å². The number of ketones is 1. The first-order valence-corrected chi connectivity index (χ1v) is 8.45. The molecule has 0 unspecified atom stereocenters. The van der Waals surface area contributed by atoms with E-state index >= 15 is 0 Å². The fourth-order valence-corrected chi connectivity index (χ4v) is 2.96. The molecule has 1 aliphatic rings. The van der Waals surface area contributed by atoms with Crippen LogP contribution in [0.1, 0.15) is 33.2 Å². The maximum absolute atomic E-state index is 14.2. The van der Waals surface area contributed by atoms with Crippen LogP contribution in [-0.2, 0) is 11.3 Å². The van der Waals surface area contributed by atoms with E-state index < -0.39 is 17.8 Å². The van der Waals surface area contributed by atoms with Crippen molar-refractivity contribution in [3.63, 3.8) is 0 Å². The van der Waals surface area contributed by atoms with Gasteiger partial charge in [0.1, 0.15) is 0 Å². The van der Waals surface area contributed by atoms with Gasteiger partial charge in [-0.2, -0.15) is 8.78 Å². The van der Waals surface area contributed by atoms with Gasteiger partial charge >= 0.3 is 12.0 Å². The molecule has 0 spiro atoms. The zero-order chi connectivity index (χ0) is 20.6. The number of benzene rings is 2. The van der Waals surface area contributed by atoms with Crippen molar-refractivity contribution in [1.82, 2.24) is 4.90 Å². The van der Waals surface area contributed by atoms with Crippen molar-refractivity contribution in [2.75, 3.05) is 19.0 Å². The van der Waals surface area contributed by atoms with Crippen LogP contribution in [0.25, 0.3) is 0 Å². The lowest BCUT2D eigenvalue weighted by Crippen LogP contribution is -2.50. The zero-order valence-electron chi connectivity index (χ0n) is 15.5. The first-order valence-electron chi connectivity index (χ1n) is 8.45. The summed E-state index contributed by atoms with van der Waals surface area (Å²) in [6.07, 6.45) is -4.10. The number of alkyl halides is 2. The minimum Gasteiger partial charge on any atom is -0.422 e. The number of Topliss-reactive ketones (excluding diaryl/α,β-unsaturated/α-hetero) is 1. The molecule has 0 aromatic heterocycles. The Morgan fingerprint density at radius 3 is 2.46 bits per heavy atom. The number of carbonyl (C=O) groups is 3. The molecule has 0 N–H and O–H groups in total. The van der Waals surface area contributed by atoms with Gasteiger partial charge in [-0.1, -0.05) is 18.2 Å². The van der Waals surface area contributed by atoms with E-state index in [9.17, 15) is 23.2 Å². The fourth-order valence-electron chi connectivity index (χ4n) is 2.96. The molecule has 0 aliphatic carbocycles. The second kappa shape index (κ2) is 7.03. The third-order valence-corrected chi connectivity index (χ3v) is 4.31. The maximum atomic E-state index is 14.2. The van der Waals surface area contributed by atoms with E-state index in [-0.39, 0.29) is 29.5 Å². The smallest absolute Gasteiger partial charge is 0.422 e. The largest absolute Gasteiger partial charge is 0.483 e. The summed E-state index contributed by atoms with van der Waals surface area (Å²) in [5, 5.41) is 0. The Bertz CT molecular complexity index is 972. The highest BCUT2D eigenvalue weighted by atomic mass is 19.3. The topological polar surface area (TPSA) is 66.9 Å². The summed E-state index contributed by atoms with van der Waals surface area (Å²) >= 11 is 0. The van der Waals surface area contributed by atoms with Crippen molar-refractivity contribution < 1.29 is 27.9 Å².